The van der Waals surface area contributed by atoms with Crippen molar-refractivity contribution in [3.8, 4) is 0 Å². The van der Waals surface area contributed by atoms with Crippen LogP contribution in [0.3, 0.4) is 0 Å². The van der Waals surface area contributed by atoms with Gasteiger partial charge in [0.2, 0.25) is 0 Å². The molecule has 11 heteroatoms. The second kappa shape index (κ2) is 21.3. The predicted octanol–water partition coefficient (Wildman–Crippen LogP) is 6.27. The fourth-order valence-electron chi connectivity index (χ4n) is 9.37. The summed E-state index contributed by atoms with van der Waals surface area (Å²) in [5, 5.41) is 55.2. The third-order valence-corrected chi connectivity index (χ3v) is 13.6. The Hall–Kier alpha value is -2.25. The van der Waals surface area contributed by atoms with Gasteiger partial charge in [0.25, 0.3) is 0 Å². The monoisotopic (exact) mass is 805 g/mol. The van der Waals surface area contributed by atoms with Crippen molar-refractivity contribution in [3.05, 3.63) is 36.5 Å². The SMILES string of the molecule is CC[C@H]1/C=C/C=C/C[C@@H](C)[C@H](O)[C@](C)(O)C(=O)[C@@H](C)[C@@H](O)[C@@H](C)C(=O)[C@@H](C)[C@@H](O)[C@H](C)/C=C/C(=O)O[C@H]2[C@@H](C)[C@@H](CC1)O[C@@]1(CC[C@@H](C)[C@@H](C[C@H](C)O)O1)[C@@H]2CC. The van der Waals surface area contributed by atoms with Crippen LogP contribution < -0.4 is 0 Å². The summed E-state index contributed by atoms with van der Waals surface area (Å²) in [5.74, 6) is -7.21. The van der Waals surface area contributed by atoms with E-state index in [1.807, 2.05) is 25.2 Å². The van der Waals surface area contributed by atoms with Gasteiger partial charge in [-0.25, -0.2) is 4.79 Å². The predicted molar refractivity (Wildman–Crippen MR) is 220 cm³/mol. The van der Waals surface area contributed by atoms with Crippen LogP contribution in [0.1, 0.15) is 128 Å². The van der Waals surface area contributed by atoms with Crippen LogP contribution in [-0.2, 0) is 28.6 Å². The molecule has 2 bridgehead atoms. The largest absolute Gasteiger partial charge is 0.458 e. The average molecular weight is 805 g/mol. The lowest BCUT2D eigenvalue weighted by Gasteiger charge is -2.56. The van der Waals surface area contributed by atoms with Gasteiger partial charge in [-0.2, -0.15) is 0 Å². The van der Waals surface area contributed by atoms with Gasteiger partial charge in [0.1, 0.15) is 17.5 Å². The molecule has 5 N–H and O–H groups in total. The Morgan fingerprint density at radius 1 is 0.825 bits per heavy atom. The van der Waals surface area contributed by atoms with E-state index in [1.54, 1.807) is 27.7 Å². The molecule has 0 aliphatic carbocycles. The number of ether oxygens (including phenoxy) is 3. The first-order valence-electron chi connectivity index (χ1n) is 21.7. The second-order valence-electron chi connectivity index (χ2n) is 18.2. The first-order valence-corrected chi connectivity index (χ1v) is 21.7. The Morgan fingerprint density at radius 2 is 1.47 bits per heavy atom. The van der Waals surface area contributed by atoms with Crippen LogP contribution in [-0.4, -0.2) is 97.2 Å². The minimum Gasteiger partial charge on any atom is -0.458 e. The molecule has 1 spiro atoms. The highest BCUT2D eigenvalue weighted by atomic mass is 16.7. The van der Waals surface area contributed by atoms with Crippen LogP contribution in [0.5, 0.6) is 0 Å². The number of carbonyl (C=O) groups excluding carboxylic acids is 3. The van der Waals surface area contributed by atoms with Gasteiger partial charge in [-0.1, -0.05) is 92.7 Å². The summed E-state index contributed by atoms with van der Waals surface area (Å²) in [7, 11) is 0. The van der Waals surface area contributed by atoms with E-state index in [0.29, 0.717) is 32.1 Å². The van der Waals surface area contributed by atoms with Gasteiger partial charge >= 0.3 is 5.97 Å². The number of rotatable bonds is 4. The highest BCUT2D eigenvalue weighted by molar-refractivity contribution is 5.91. The number of aliphatic hydroxyl groups is 5. The highest BCUT2D eigenvalue weighted by Crippen LogP contribution is 2.50. The van der Waals surface area contributed by atoms with Crippen LogP contribution in [0.25, 0.3) is 0 Å². The molecule has 2 fully saturated rings. The topological polar surface area (TPSA) is 180 Å². The van der Waals surface area contributed by atoms with Gasteiger partial charge in [0.15, 0.2) is 11.6 Å². The maximum atomic E-state index is 13.6. The van der Waals surface area contributed by atoms with E-state index in [2.05, 4.69) is 26.8 Å². The molecule has 0 unspecified atom stereocenters. The van der Waals surface area contributed by atoms with Gasteiger partial charge in [-0.05, 0) is 76.5 Å². The lowest BCUT2D eigenvalue weighted by atomic mass is 9.73. The van der Waals surface area contributed by atoms with Gasteiger partial charge in [-0.3, -0.25) is 9.59 Å². The first kappa shape index (κ1) is 49.1. The Kier molecular flexibility index (Phi) is 18.4. The third kappa shape index (κ3) is 12.0. The average Bonchev–Trinajstić information content (AvgIpc) is 3.17. The number of aliphatic hydroxyl groups excluding tert-OH is 4. The smallest absolute Gasteiger partial charge is 0.330 e. The van der Waals surface area contributed by atoms with Crippen molar-refractivity contribution in [2.45, 2.75) is 182 Å². The molecule has 0 aromatic heterocycles. The Labute approximate surface area is 342 Å². The quantitative estimate of drug-likeness (QED) is 0.202. The Balaban J connectivity index is 2.02. The van der Waals surface area contributed by atoms with Crippen molar-refractivity contribution < 1.29 is 54.1 Å². The number of hydrogen-bond acceptors (Lipinski definition) is 11. The van der Waals surface area contributed by atoms with E-state index in [9.17, 15) is 39.9 Å². The van der Waals surface area contributed by atoms with Crippen LogP contribution in [0.4, 0.5) is 0 Å². The zero-order valence-corrected chi connectivity index (χ0v) is 36.5. The Bertz CT molecular complexity index is 1400. The molecular formula is C46H76O11. The summed E-state index contributed by atoms with van der Waals surface area (Å²) in [4.78, 5) is 40.7. The van der Waals surface area contributed by atoms with E-state index in [0.717, 1.165) is 19.3 Å². The van der Waals surface area contributed by atoms with Crippen molar-refractivity contribution in [3.63, 3.8) is 0 Å². The molecule has 0 amide bonds. The summed E-state index contributed by atoms with van der Waals surface area (Å²) in [5.41, 5.74) is -2.18. The van der Waals surface area contributed by atoms with Crippen molar-refractivity contribution in [1.82, 2.24) is 0 Å². The number of hydrogen-bond donors (Lipinski definition) is 5. The molecule has 0 radical (unpaired) electrons. The minimum absolute atomic E-state index is 0.163. The molecule has 326 valence electrons. The molecule has 0 aromatic rings. The molecule has 3 aliphatic heterocycles. The number of carbonyl (C=O) groups is 3. The summed E-state index contributed by atoms with van der Waals surface area (Å²) in [6.45, 7) is 19.2. The van der Waals surface area contributed by atoms with Crippen LogP contribution >= 0.6 is 0 Å². The van der Waals surface area contributed by atoms with E-state index in [4.69, 9.17) is 14.2 Å². The fraction of sp³-hybridized carbons (Fsp3) is 0.804. The zero-order chi connectivity index (χ0) is 43.0. The molecule has 18 atom stereocenters. The van der Waals surface area contributed by atoms with Crippen molar-refractivity contribution in [1.29, 1.82) is 0 Å². The molecule has 11 nitrogen and oxygen atoms in total. The summed E-state index contributed by atoms with van der Waals surface area (Å²) < 4.78 is 20.3. The summed E-state index contributed by atoms with van der Waals surface area (Å²) >= 11 is 0. The third-order valence-electron chi connectivity index (χ3n) is 13.6. The van der Waals surface area contributed by atoms with Crippen molar-refractivity contribution in [2.75, 3.05) is 0 Å². The molecule has 57 heavy (non-hydrogen) atoms. The minimum atomic E-state index is -2.18. The lowest BCUT2D eigenvalue weighted by molar-refractivity contribution is -0.374. The van der Waals surface area contributed by atoms with Crippen LogP contribution in [0.15, 0.2) is 36.5 Å². The lowest BCUT2D eigenvalue weighted by Crippen LogP contribution is -2.63. The van der Waals surface area contributed by atoms with Gasteiger partial charge < -0.3 is 39.7 Å². The molecule has 2 saturated heterocycles. The number of fused-ring (bicyclic) bond motifs is 2. The maximum Gasteiger partial charge on any atom is 0.330 e. The van der Waals surface area contributed by atoms with E-state index >= 15 is 0 Å². The fourth-order valence-corrected chi connectivity index (χ4v) is 9.37. The molecule has 0 aromatic carbocycles. The standard InChI is InChI=1S/C46H76O11/c1-12-34-18-16-14-15-17-28(5)43(52)45(11,54)44(53)33(10)41(51)32(9)40(50)31(8)39(49)27(4)19-22-38(48)55-42-30(7)36(21-20-34)56-46(35(42)13-2)24-23-26(3)37(57-46)25-29(6)47/h14-16,18-19,22,26-37,39,41-43,47,49,51-52,54H,12-13,17,20-21,23-25H2,1-11H3/b15-14+,18-16+,22-19+/t26-,27-,28-,29+,30+,31+,32+,33+,34+,35-,36-,37-,39+,41+,42+,43+,45+,46-/m1/s1. The first-order chi connectivity index (χ1) is 26.6. The Morgan fingerprint density at radius 3 is 2.09 bits per heavy atom. The van der Waals surface area contributed by atoms with E-state index in [-0.39, 0.29) is 35.9 Å². The molecule has 3 aliphatic rings. The van der Waals surface area contributed by atoms with Gasteiger partial charge in [0, 0.05) is 42.1 Å². The van der Waals surface area contributed by atoms with Crippen LogP contribution in [0.2, 0.25) is 0 Å². The summed E-state index contributed by atoms with van der Waals surface area (Å²) in [6.07, 6.45) is 10.3. The molecular weight excluding hydrogens is 728 g/mol. The van der Waals surface area contributed by atoms with E-state index in [1.165, 1.54) is 32.9 Å². The van der Waals surface area contributed by atoms with Crippen molar-refractivity contribution >= 4 is 17.5 Å². The normalized spacial score (nSPS) is 46.2. The molecule has 3 rings (SSSR count). The highest BCUT2D eigenvalue weighted by Gasteiger charge is 2.57. The van der Waals surface area contributed by atoms with Crippen LogP contribution in [0, 0.1) is 53.3 Å². The number of ketones is 2. The molecule has 0 saturated carbocycles. The maximum absolute atomic E-state index is 13.6. The van der Waals surface area contributed by atoms with Crippen molar-refractivity contribution in [2.24, 2.45) is 53.3 Å². The number of Topliss-reactive ketones (excluding diaryl/α,β-unsaturated/α-hetero) is 2. The number of esters is 1. The second-order valence-corrected chi connectivity index (χ2v) is 18.2. The number of allylic oxidation sites excluding steroid dienone is 4. The molecule has 3 heterocycles. The zero-order valence-electron chi connectivity index (χ0n) is 36.5. The summed E-state index contributed by atoms with van der Waals surface area (Å²) in [6, 6.07) is 0. The van der Waals surface area contributed by atoms with E-state index < -0.39 is 89.0 Å². The van der Waals surface area contributed by atoms with Gasteiger partial charge in [-0.15, -0.1) is 0 Å². The van der Waals surface area contributed by atoms with Gasteiger partial charge in [0.05, 0.1) is 42.5 Å².